The number of nitrogens with zero attached hydrogens (tertiary/aromatic N) is 2. The van der Waals surface area contributed by atoms with Crippen LogP contribution < -0.4 is 5.73 Å². The first-order chi connectivity index (χ1) is 5.18. The third-order valence-corrected chi connectivity index (χ3v) is 0.986. The second-order valence-corrected chi connectivity index (χ2v) is 1.98. The number of aromatic nitrogens is 2. The Labute approximate surface area is 69.2 Å². The van der Waals surface area contributed by atoms with Crippen molar-refractivity contribution in [2.45, 2.75) is 27.7 Å². The van der Waals surface area contributed by atoms with E-state index in [0.717, 1.165) is 11.5 Å². The van der Waals surface area contributed by atoms with Crippen LogP contribution in [0.1, 0.15) is 26.8 Å². The molecule has 0 atom stereocenters. The highest BCUT2D eigenvalue weighted by Gasteiger charge is 1.90. The van der Waals surface area contributed by atoms with E-state index in [2.05, 4.69) is 9.97 Å². The first-order valence-corrected chi connectivity index (χ1v) is 3.76. The average Bonchev–Trinajstić information content (AvgIpc) is 1.88. The van der Waals surface area contributed by atoms with Gasteiger partial charge in [-0.15, -0.1) is 0 Å². The van der Waals surface area contributed by atoms with Gasteiger partial charge in [-0.2, -0.15) is 0 Å². The molecule has 1 aromatic heterocycles. The van der Waals surface area contributed by atoms with Gasteiger partial charge in [0.05, 0.1) is 0 Å². The van der Waals surface area contributed by atoms with Crippen LogP contribution in [0.2, 0.25) is 0 Å². The van der Waals surface area contributed by atoms with Crippen molar-refractivity contribution < 1.29 is 1.43 Å². The molecule has 2 N–H and O–H groups in total. The van der Waals surface area contributed by atoms with Crippen LogP contribution in [-0.4, -0.2) is 9.97 Å². The summed E-state index contributed by atoms with van der Waals surface area (Å²) in [6.45, 7) is 7.72. The molecule has 0 fully saturated rings. The highest BCUT2D eigenvalue weighted by atomic mass is 14.9. The van der Waals surface area contributed by atoms with Crippen molar-refractivity contribution in [1.29, 1.82) is 0 Å². The Morgan fingerprint density at radius 2 is 1.82 bits per heavy atom. The van der Waals surface area contributed by atoms with Gasteiger partial charge in [0.25, 0.3) is 0 Å². The highest BCUT2D eigenvalue weighted by molar-refractivity contribution is 5.28. The molecule has 0 unspecified atom stereocenters. The molecule has 0 aromatic carbocycles. The summed E-state index contributed by atoms with van der Waals surface area (Å²) in [5.74, 6) is 1.27. The molecule has 0 amide bonds. The predicted octanol–water partition coefficient (Wildman–Crippen LogP) is 1.95. The zero-order chi connectivity index (χ0) is 8.85. The van der Waals surface area contributed by atoms with Crippen LogP contribution in [0.5, 0.6) is 0 Å². The first kappa shape index (κ1) is 9.88. The summed E-state index contributed by atoms with van der Waals surface area (Å²) >= 11 is 0. The lowest BCUT2D eigenvalue weighted by molar-refractivity contribution is 1.02. The zero-order valence-corrected chi connectivity index (χ0v) is 7.55. The maximum absolute atomic E-state index is 5.41. The second-order valence-electron chi connectivity index (χ2n) is 1.98. The van der Waals surface area contributed by atoms with Gasteiger partial charge < -0.3 is 5.73 Å². The minimum Gasteiger partial charge on any atom is -0.384 e. The lowest BCUT2D eigenvalue weighted by Gasteiger charge is -1.95. The third kappa shape index (κ3) is 3.55. The molecule has 0 saturated carbocycles. The summed E-state index contributed by atoms with van der Waals surface area (Å²) in [6, 6.07) is 1.74. The first-order valence-electron chi connectivity index (χ1n) is 3.76. The summed E-state index contributed by atoms with van der Waals surface area (Å²) < 4.78 is 0. The van der Waals surface area contributed by atoms with E-state index in [-0.39, 0.29) is 1.43 Å². The number of nitrogens with two attached hydrogens (primary N) is 1. The number of aryl methyl sites for hydroxylation is 2. The van der Waals surface area contributed by atoms with Crippen LogP contribution in [0.15, 0.2) is 6.07 Å². The second kappa shape index (κ2) is 4.66. The molecule has 3 nitrogen and oxygen atoms in total. The minimum absolute atomic E-state index is 0. The van der Waals surface area contributed by atoms with Gasteiger partial charge in [-0.1, -0.05) is 13.8 Å². The van der Waals surface area contributed by atoms with Gasteiger partial charge in [0.1, 0.15) is 11.6 Å². The summed E-state index contributed by atoms with van der Waals surface area (Å²) in [5.41, 5.74) is 6.32. The van der Waals surface area contributed by atoms with E-state index in [4.69, 9.17) is 5.73 Å². The van der Waals surface area contributed by atoms with Crippen LogP contribution in [-0.2, 0) is 0 Å². The molecule has 64 valence electrons. The fourth-order valence-electron chi connectivity index (χ4n) is 0.746. The van der Waals surface area contributed by atoms with E-state index in [1.165, 1.54) is 0 Å². The average molecular weight is 155 g/mol. The van der Waals surface area contributed by atoms with Gasteiger partial charge in [-0.25, -0.2) is 9.97 Å². The standard InChI is InChI=1S/C6H9N3.C2H6.H2/c1-4-3-6(7)9-5(2)8-4;1-2;/h3H,1-2H3,(H2,7,8,9);1-2H3;1H. The Hall–Kier alpha value is -1.12. The van der Waals surface area contributed by atoms with E-state index in [1.807, 2.05) is 27.7 Å². The van der Waals surface area contributed by atoms with Crippen molar-refractivity contribution in [1.82, 2.24) is 9.97 Å². The quantitative estimate of drug-likeness (QED) is 0.623. The van der Waals surface area contributed by atoms with Crippen molar-refractivity contribution in [2.24, 2.45) is 0 Å². The molecule has 1 rings (SSSR count). The van der Waals surface area contributed by atoms with Gasteiger partial charge in [0, 0.05) is 13.2 Å². The van der Waals surface area contributed by atoms with Crippen molar-refractivity contribution in [2.75, 3.05) is 5.73 Å². The third-order valence-electron chi connectivity index (χ3n) is 0.986. The Kier molecular flexibility index (Phi) is 4.18. The molecule has 1 heterocycles. The van der Waals surface area contributed by atoms with Gasteiger partial charge in [0.15, 0.2) is 0 Å². The fraction of sp³-hybridized carbons (Fsp3) is 0.500. The van der Waals surface area contributed by atoms with Crippen molar-refractivity contribution in [3.63, 3.8) is 0 Å². The van der Waals surface area contributed by atoms with E-state index in [0.29, 0.717) is 5.82 Å². The van der Waals surface area contributed by atoms with Gasteiger partial charge in [0.2, 0.25) is 0 Å². The normalized spacial score (nSPS) is 8.36. The van der Waals surface area contributed by atoms with Crippen molar-refractivity contribution >= 4 is 5.82 Å². The van der Waals surface area contributed by atoms with Crippen LogP contribution in [0.25, 0.3) is 0 Å². The number of hydrogen-bond donors (Lipinski definition) is 1. The summed E-state index contributed by atoms with van der Waals surface area (Å²) in [4.78, 5) is 7.94. The lowest BCUT2D eigenvalue weighted by Crippen LogP contribution is -1.96. The topological polar surface area (TPSA) is 51.8 Å². The number of nitrogen functional groups attached to an aromatic ring is 1. The maximum Gasteiger partial charge on any atom is 0.127 e. The largest absolute Gasteiger partial charge is 0.384 e. The van der Waals surface area contributed by atoms with Crippen LogP contribution in [0.3, 0.4) is 0 Å². The molecule has 0 bridgehead atoms. The van der Waals surface area contributed by atoms with E-state index in [1.54, 1.807) is 6.07 Å². The Bertz CT molecular complexity index is 175. The Morgan fingerprint density at radius 1 is 1.27 bits per heavy atom. The zero-order valence-electron chi connectivity index (χ0n) is 7.55. The molecular formula is C8H17N3. The minimum atomic E-state index is 0. The smallest absolute Gasteiger partial charge is 0.127 e. The van der Waals surface area contributed by atoms with E-state index in [9.17, 15) is 0 Å². The number of hydrogen-bond acceptors (Lipinski definition) is 3. The van der Waals surface area contributed by atoms with Gasteiger partial charge in [-0.05, 0) is 13.8 Å². The van der Waals surface area contributed by atoms with Crippen LogP contribution in [0.4, 0.5) is 5.82 Å². The predicted molar refractivity (Wildman–Crippen MR) is 49.4 cm³/mol. The molecule has 0 radical (unpaired) electrons. The molecule has 3 heteroatoms. The molecule has 0 aliphatic carbocycles. The fourth-order valence-corrected chi connectivity index (χ4v) is 0.746. The molecule has 0 aliphatic rings. The number of anilines is 1. The van der Waals surface area contributed by atoms with Gasteiger partial charge >= 0.3 is 0 Å². The molecular weight excluding hydrogens is 138 g/mol. The van der Waals surface area contributed by atoms with Crippen molar-refractivity contribution in [3.8, 4) is 0 Å². The molecule has 11 heavy (non-hydrogen) atoms. The summed E-state index contributed by atoms with van der Waals surface area (Å²) in [5, 5.41) is 0. The van der Waals surface area contributed by atoms with E-state index >= 15 is 0 Å². The van der Waals surface area contributed by atoms with Crippen molar-refractivity contribution in [3.05, 3.63) is 17.6 Å². The molecule has 0 aliphatic heterocycles. The monoisotopic (exact) mass is 155 g/mol. The number of rotatable bonds is 0. The van der Waals surface area contributed by atoms with Crippen LogP contribution in [0, 0.1) is 13.8 Å². The highest BCUT2D eigenvalue weighted by Crippen LogP contribution is 1.99. The maximum atomic E-state index is 5.41. The lowest BCUT2D eigenvalue weighted by atomic mass is 10.4. The molecule has 0 spiro atoms. The van der Waals surface area contributed by atoms with E-state index < -0.39 is 0 Å². The van der Waals surface area contributed by atoms with Crippen LogP contribution >= 0.6 is 0 Å². The van der Waals surface area contributed by atoms with Gasteiger partial charge in [-0.3, -0.25) is 0 Å². The summed E-state index contributed by atoms with van der Waals surface area (Å²) in [7, 11) is 0. The Balaban J connectivity index is 0. The molecule has 1 aromatic rings. The SMILES string of the molecule is CC.Cc1cc(N)nc(C)n1.[HH]. The molecule has 0 saturated heterocycles. The Morgan fingerprint density at radius 3 is 2.18 bits per heavy atom. The summed E-state index contributed by atoms with van der Waals surface area (Å²) in [6.07, 6.45) is 0.